The van der Waals surface area contributed by atoms with Crippen LogP contribution in [0.4, 0.5) is 0 Å². The Morgan fingerprint density at radius 2 is 1.80 bits per heavy atom. The van der Waals surface area contributed by atoms with E-state index in [2.05, 4.69) is 79.0 Å². The van der Waals surface area contributed by atoms with Crippen molar-refractivity contribution >= 4 is 0 Å². The zero-order chi connectivity index (χ0) is 20.7. The van der Waals surface area contributed by atoms with Crippen LogP contribution in [0.15, 0.2) is 48.7 Å². The Labute approximate surface area is 179 Å². The molecule has 0 bridgehead atoms. The van der Waals surface area contributed by atoms with Gasteiger partial charge in [-0.05, 0) is 56.8 Å². The number of aromatic nitrogens is 2. The molecule has 2 aliphatic rings. The second kappa shape index (κ2) is 8.01. The number of benzene rings is 2. The standard InChI is InChI=1S/C26H31N3O/c1-18-8-9-22(19(2)16-18)24-17-29-15-10-20-6-4-5-7-23(20)25(26(29)27-24)30-21-11-13-28(3)14-12-21/h4-9,16-17,21,25H,10-15H2,1-3H3. The number of hydrogen-bond donors (Lipinski definition) is 0. The highest BCUT2D eigenvalue weighted by molar-refractivity contribution is 5.64. The van der Waals surface area contributed by atoms with Gasteiger partial charge in [-0.25, -0.2) is 4.98 Å². The molecule has 5 rings (SSSR count). The van der Waals surface area contributed by atoms with Gasteiger partial charge in [0.2, 0.25) is 0 Å². The van der Waals surface area contributed by atoms with Crippen LogP contribution in [0.3, 0.4) is 0 Å². The van der Waals surface area contributed by atoms with Gasteiger partial charge in [0.25, 0.3) is 0 Å². The number of likely N-dealkylation sites (tertiary alicyclic amines) is 1. The van der Waals surface area contributed by atoms with E-state index in [9.17, 15) is 0 Å². The van der Waals surface area contributed by atoms with Gasteiger partial charge in [-0.2, -0.15) is 0 Å². The summed E-state index contributed by atoms with van der Waals surface area (Å²) in [5, 5.41) is 0. The minimum absolute atomic E-state index is 0.100. The lowest BCUT2D eigenvalue weighted by molar-refractivity contribution is -0.0275. The molecule has 2 aliphatic heterocycles. The zero-order valence-corrected chi connectivity index (χ0v) is 18.3. The maximum Gasteiger partial charge on any atom is 0.143 e. The molecule has 1 unspecified atom stereocenters. The molecule has 1 atom stereocenters. The number of imidazole rings is 1. The number of ether oxygens (including phenoxy) is 1. The first kappa shape index (κ1) is 19.5. The van der Waals surface area contributed by atoms with E-state index in [4.69, 9.17) is 9.72 Å². The van der Waals surface area contributed by atoms with E-state index in [1.807, 2.05) is 0 Å². The minimum Gasteiger partial charge on any atom is -0.362 e. The molecule has 0 saturated carbocycles. The van der Waals surface area contributed by atoms with E-state index in [0.29, 0.717) is 0 Å². The van der Waals surface area contributed by atoms with E-state index in [1.165, 1.54) is 27.8 Å². The van der Waals surface area contributed by atoms with Crippen molar-refractivity contribution in [3.8, 4) is 11.3 Å². The van der Waals surface area contributed by atoms with Gasteiger partial charge in [0.1, 0.15) is 11.9 Å². The summed E-state index contributed by atoms with van der Waals surface area (Å²) in [5.74, 6) is 1.05. The maximum absolute atomic E-state index is 6.80. The van der Waals surface area contributed by atoms with E-state index in [0.717, 1.165) is 50.4 Å². The zero-order valence-electron chi connectivity index (χ0n) is 18.3. The SMILES string of the molecule is Cc1ccc(-c2cn3c(n2)C(OC2CCN(C)CC2)c2ccccc2CC3)c(C)c1. The summed E-state index contributed by atoms with van der Waals surface area (Å²) in [5.41, 5.74) is 7.50. The molecule has 156 valence electrons. The molecule has 4 heteroatoms. The van der Waals surface area contributed by atoms with Gasteiger partial charge >= 0.3 is 0 Å². The summed E-state index contributed by atoms with van der Waals surface area (Å²) in [4.78, 5) is 7.55. The first-order valence-electron chi connectivity index (χ1n) is 11.1. The molecule has 4 nitrogen and oxygen atoms in total. The summed E-state index contributed by atoms with van der Waals surface area (Å²) < 4.78 is 9.13. The lowest BCUT2D eigenvalue weighted by Gasteiger charge is -2.32. The summed E-state index contributed by atoms with van der Waals surface area (Å²) in [7, 11) is 2.19. The van der Waals surface area contributed by atoms with Crippen LogP contribution in [-0.4, -0.2) is 40.7 Å². The van der Waals surface area contributed by atoms with Crippen LogP contribution < -0.4 is 0 Å². The maximum atomic E-state index is 6.80. The fourth-order valence-corrected chi connectivity index (χ4v) is 4.89. The van der Waals surface area contributed by atoms with Crippen LogP contribution in [0.25, 0.3) is 11.3 Å². The van der Waals surface area contributed by atoms with Crippen molar-refractivity contribution in [2.75, 3.05) is 20.1 Å². The van der Waals surface area contributed by atoms with Gasteiger partial charge in [-0.1, -0.05) is 48.0 Å². The number of nitrogens with zero attached hydrogens (tertiary/aromatic N) is 3. The lowest BCUT2D eigenvalue weighted by Crippen LogP contribution is -2.35. The molecule has 30 heavy (non-hydrogen) atoms. The number of rotatable bonds is 3. The Morgan fingerprint density at radius 1 is 1.00 bits per heavy atom. The van der Waals surface area contributed by atoms with Gasteiger partial charge in [0, 0.05) is 31.4 Å². The van der Waals surface area contributed by atoms with Gasteiger partial charge in [-0.3, -0.25) is 0 Å². The summed E-state index contributed by atoms with van der Waals surface area (Å²) in [6.45, 7) is 7.45. The Balaban J connectivity index is 1.54. The number of piperidine rings is 1. The molecule has 1 fully saturated rings. The topological polar surface area (TPSA) is 30.3 Å². The molecule has 3 heterocycles. The van der Waals surface area contributed by atoms with E-state index in [1.54, 1.807) is 0 Å². The van der Waals surface area contributed by atoms with Crippen LogP contribution in [0, 0.1) is 13.8 Å². The molecule has 0 N–H and O–H groups in total. The first-order valence-corrected chi connectivity index (χ1v) is 11.1. The van der Waals surface area contributed by atoms with Gasteiger partial charge < -0.3 is 14.2 Å². The third kappa shape index (κ3) is 3.70. The minimum atomic E-state index is -0.100. The lowest BCUT2D eigenvalue weighted by atomic mass is 9.99. The Hall–Kier alpha value is -2.43. The average Bonchev–Trinajstić information content (AvgIpc) is 3.10. The molecule has 1 saturated heterocycles. The molecular weight excluding hydrogens is 370 g/mol. The number of hydrogen-bond acceptors (Lipinski definition) is 3. The van der Waals surface area contributed by atoms with Crippen molar-refractivity contribution in [2.24, 2.45) is 0 Å². The molecular formula is C26H31N3O. The molecule has 0 amide bonds. The van der Waals surface area contributed by atoms with Crippen LogP contribution in [0.5, 0.6) is 0 Å². The fraction of sp³-hybridized carbons (Fsp3) is 0.423. The van der Waals surface area contributed by atoms with Crippen LogP contribution in [0.2, 0.25) is 0 Å². The number of fused-ring (bicyclic) bond motifs is 2. The Bertz CT molecular complexity index is 1050. The second-order valence-electron chi connectivity index (χ2n) is 8.96. The van der Waals surface area contributed by atoms with Gasteiger partial charge in [-0.15, -0.1) is 0 Å². The van der Waals surface area contributed by atoms with Crippen molar-refractivity contribution in [3.63, 3.8) is 0 Å². The van der Waals surface area contributed by atoms with Crippen molar-refractivity contribution in [3.05, 3.63) is 76.7 Å². The fourth-order valence-electron chi connectivity index (χ4n) is 4.89. The Morgan fingerprint density at radius 3 is 2.60 bits per heavy atom. The summed E-state index contributed by atoms with van der Waals surface area (Å²) in [6.07, 6.45) is 5.59. The predicted octanol–water partition coefficient (Wildman–Crippen LogP) is 4.92. The molecule has 0 aliphatic carbocycles. The monoisotopic (exact) mass is 401 g/mol. The first-order chi connectivity index (χ1) is 14.6. The quantitative estimate of drug-likeness (QED) is 0.624. The Kier molecular flexibility index (Phi) is 5.21. The van der Waals surface area contributed by atoms with E-state index >= 15 is 0 Å². The van der Waals surface area contributed by atoms with Crippen molar-refractivity contribution in [2.45, 2.75) is 51.9 Å². The average molecular weight is 402 g/mol. The van der Waals surface area contributed by atoms with Crippen molar-refractivity contribution < 1.29 is 4.74 Å². The normalized spacial score (nSPS) is 19.9. The molecule has 0 radical (unpaired) electrons. The van der Waals surface area contributed by atoms with Crippen LogP contribution >= 0.6 is 0 Å². The molecule has 0 spiro atoms. The highest BCUT2D eigenvalue weighted by Crippen LogP contribution is 2.36. The highest BCUT2D eigenvalue weighted by Gasteiger charge is 2.30. The third-order valence-electron chi connectivity index (χ3n) is 6.65. The van der Waals surface area contributed by atoms with Crippen molar-refractivity contribution in [1.29, 1.82) is 0 Å². The predicted molar refractivity (Wildman–Crippen MR) is 121 cm³/mol. The largest absolute Gasteiger partial charge is 0.362 e. The molecule has 3 aromatic rings. The molecule has 2 aromatic carbocycles. The van der Waals surface area contributed by atoms with E-state index < -0.39 is 0 Å². The van der Waals surface area contributed by atoms with Gasteiger partial charge in [0.05, 0.1) is 11.8 Å². The second-order valence-corrected chi connectivity index (χ2v) is 8.96. The third-order valence-corrected chi connectivity index (χ3v) is 6.65. The summed E-state index contributed by atoms with van der Waals surface area (Å²) in [6, 6.07) is 15.4. The van der Waals surface area contributed by atoms with Crippen LogP contribution in [-0.2, 0) is 17.7 Å². The molecule has 1 aromatic heterocycles. The highest BCUT2D eigenvalue weighted by atomic mass is 16.5. The van der Waals surface area contributed by atoms with E-state index in [-0.39, 0.29) is 12.2 Å². The number of aryl methyl sites for hydroxylation is 4. The summed E-state index contributed by atoms with van der Waals surface area (Å²) >= 11 is 0. The van der Waals surface area contributed by atoms with Crippen molar-refractivity contribution in [1.82, 2.24) is 14.5 Å². The van der Waals surface area contributed by atoms with Crippen LogP contribution in [0.1, 0.15) is 47.0 Å². The smallest absolute Gasteiger partial charge is 0.143 e. The van der Waals surface area contributed by atoms with Gasteiger partial charge in [0.15, 0.2) is 0 Å².